The maximum atomic E-state index is 12.5. The molecule has 4 rings (SSSR count). The fourth-order valence-electron chi connectivity index (χ4n) is 4.99. The summed E-state index contributed by atoms with van der Waals surface area (Å²) in [5.74, 6) is 0.488. The molecular weight excluding hydrogens is 626 g/mol. The van der Waals surface area contributed by atoms with Gasteiger partial charge in [-0.1, -0.05) is 12.1 Å². The molecule has 0 bridgehead atoms. The van der Waals surface area contributed by atoms with Crippen LogP contribution in [-0.2, 0) is 20.7 Å². The molecule has 0 aromatic heterocycles. The molecule has 10 atom stereocenters. The van der Waals surface area contributed by atoms with Crippen LogP contribution in [0.25, 0.3) is 6.08 Å². The smallest absolute Gasteiger partial charge is 0.244 e. The number of benzene rings is 2. The quantitative estimate of drug-likeness (QED) is 0.0997. The van der Waals surface area contributed by atoms with E-state index in [1.807, 2.05) is 0 Å². The van der Waals surface area contributed by atoms with Gasteiger partial charge in [0, 0.05) is 12.6 Å². The summed E-state index contributed by atoms with van der Waals surface area (Å²) in [5, 5.41) is 81.9. The van der Waals surface area contributed by atoms with Crippen LogP contribution in [0.1, 0.15) is 11.1 Å². The highest BCUT2D eigenvalue weighted by atomic mass is 16.7. The van der Waals surface area contributed by atoms with E-state index in [2.05, 4.69) is 5.32 Å². The number of carbonyl (C=O) groups is 1. The van der Waals surface area contributed by atoms with Crippen LogP contribution in [0.4, 0.5) is 0 Å². The minimum Gasteiger partial charge on any atom is -0.493 e. The number of hydrogen-bond donors (Lipinski definition) is 9. The number of aliphatic hydroxyl groups is 8. The van der Waals surface area contributed by atoms with E-state index in [9.17, 15) is 45.6 Å². The van der Waals surface area contributed by atoms with Gasteiger partial charge >= 0.3 is 0 Å². The number of carbonyl (C=O) groups excluding carboxylic acids is 1. The predicted octanol–water partition coefficient (Wildman–Crippen LogP) is -2.57. The Bertz CT molecular complexity index is 1350. The van der Waals surface area contributed by atoms with Crippen molar-refractivity contribution in [3.05, 3.63) is 53.6 Å². The molecule has 0 unspecified atom stereocenters. The van der Waals surface area contributed by atoms with Crippen molar-refractivity contribution < 1.29 is 74.1 Å². The Labute approximate surface area is 269 Å². The molecule has 0 aliphatic carbocycles. The van der Waals surface area contributed by atoms with Gasteiger partial charge in [-0.3, -0.25) is 4.79 Å². The Morgan fingerprint density at radius 3 is 1.74 bits per heavy atom. The first-order valence-electron chi connectivity index (χ1n) is 14.8. The van der Waals surface area contributed by atoms with E-state index >= 15 is 0 Å². The van der Waals surface area contributed by atoms with Crippen molar-refractivity contribution in [1.29, 1.82) is 0 Å². The van der Waals surface area contributed by atoms with Crippen LogP contribution in [0.15, 0.2) is 42.5 Å². The molecule has 2 aliphatic heterocycles. The molecule has 2 heterocycles. The predicted molar refractivity (Wildman–Crippen MR) is 161 cm³/mol. The Kier molecular flexibility index (Phi) is 12.8. The number of aliphatic hydroxyl groups excluding tert-OH is 8. The number of methoxy groups -OCH3 is 2. The second kappa shape index (κ2) is 16.5. The van der Waals surface area contributed by atoms with E-state index in [0.29, 0.717) is 17.7 Å². The molecule has 0 spiro atoms. The SMILES string of the molecule is COc1cc(/C=C/C(=O)NCCc2ccc(O[C@@H]3O[C@H](CO)[C@@H](O)[C@H](O)[C@H]3O)c(OC)c2)ccc1O[C@@H]1O[C@H](CO)[C@@H](O)[C@H](O)[C@H]1O. The summed E-state index contributed by atoms with van der Waals surface area (Å²) in [7, 11) is 2.80. The highest BCUT2D eigenvalue weighted by Gasteiger charge is 2.46. The highest BCUT2D eigenvalue weighted by Crippen LogP contribution is 2.33. The molecule has 0 saturated carbocycles. The summed E-state index contributed by atoms with van der Waals surface area (Å²) in [6, 6.07) is 9.64. The van der Waals surface area contributed by atoms with Gasteiger partial charge in [-0.05, 0) is 47.9 Å². The lowest BCUT2D eigenvalue weighted by atomic mass is 9.99. The van der Waals surface area contributed by atoms with Crippen LogP contribution in [0, 0.1) is 0 Å². The lowest BCUT2D eigenvalue weighted by Gasteiger charge is -2.39. The third-order valence-corrected chi connectivity index (χ3v) is 7.74. The van der Waals surface area contributed by atoms with E-state index in [0.717, 1.165) is 5.56 Å². The van der Waals surface area contributed by atoms with Crippen molar-refractivity contribution in [2.75, 3.05) is 34.0 Å². The van der Waals surface area contributed by atoms with Crippen LogP contribution in [0.3, 0.4) is 0 Å². The van der Waals surface area contributed by atoms with Gasteiger partial charge in [0.1, 0.15) is 48.8 Å². The summed E-state index contributed by atoms with van der Waals surface area (Å²) in [5.41, 5.74) is 1.37. The van der Waals surface area contributed by atoms with E-state index in [4.69, 9.17) is 28.4 Å². The number of hydrogen-bond acceptors (Lipinski definition) is 15. The van der Waals surface area contributed by atoms with Crippen molar-refractivity contribution in [2.45, 2.75) is 67.8 Å². The Morgan fingerprint density at radius 1 is 0.723 bits per heavy atom. The fraction of sp³-hybridized carbons (Fsp3) is 0.516. The van der Waals surface area contributed by atoms with E-state index < -0.39 is 74.6 Å². The molecule has 2 aliphatic rings. The van der Waals surface area contributed by atoms with Gasteiger partial charge in [-0.2, -0.15) is 0 Å². The zero-order valence-electron chi connectivity index (χ0n) is 25.7. The van der Waals surface area contributed by atoms with Crippen LogP contribution in [0.2, 0.25) is 0 Å². The highest BCUT2D eigenvalue weighted by molar-refractivity contribution is 5.91. The zero-order valence-corrected chi connectivity index (χ0v) is 25.7. The third kappa shape index (κ3) is 8.68. The molecule has 2 fully saturated rings. The Balaban J connectivity index is 1.30. The molecule has 9 N–H and O–H groups in total. The summed E-state index contributed by atoms with van der Waals surface area (Å²) < 4.78 is 32.8. The molecule has 0 radical (unpaired) electrons. The molecule has 2 saturated heterocycles. The first-order valence-corrected chi connectivity index (χ1v) is 14.8. The van der Waals surface area contributed by atoms with Crippen LogP contribution in [-0.4, -0.2) is 142 Å². The Morgan fingerprint density at radius 2 is 1.23 bits per heavy atom. The van der Waals surface area contributed by atoms with Gasteiger partial charge in [-0.25, -0.2) is 0 Å². The first kappa shape index (κ1) is 36.3. The van der Waals surface area contributed by atoms with Crippen LogP contribution < -0.4 is 24.3 Å². The van der Waals surface area contributed by atoms with Crippen LogP contribution >= 0.6 is 0 Å². The maximum absolute atomic E-state index is 12.5. The van der Waals surface area contributed by atoms with Gasteiger partial charge < -0.3 is 74.6 Å². The monoisotopic (exact) mass is 667 g/mol. The summed E-state index contributed by atoms with van der Waals surface area (Å²) >= 11 is 0. The second-order valence-corrected chi connectivity index (χ2v) is 10.9. The van der Waals surface area contributed by atoms with Crippen LogP contribution in [0.5, 0.6) is 23.0 Å². The van der Waals surface area contributed by atoms with Gasteiger partial charge in [-0.15, -0.1) is 0 Å². The lowest BCUT2D eigenvalue weighted by molar-refractivity contribution is -0.277. The molecular formula is C31H41NO15. The average Bonchev–Trinajstić information content (AvgIpc) is 3.08. The summed E-state index contributed by atoms with van der Waals surface area (Å²) in [6.45, 7) is -0.919. The van der Waals surface area contributed by atoms with Crippen molar-refractivity contribution in [1.82, 2.24) is 5.32 Å². The van der Waals surface area contributed by atoms with Crippen molar-refractivity contribution >= 4 is 12.0 Å². The number of ether oxygens (including phenoxy) is 6. The zero-order chi connectivity index (χ0) is 34.2. The number of amides is 1. The molecule has 2 aromatic rings. The lowest BCUT2D eigenvalue weighted by Crippen LogP contribution is -2.60. The van der Waals surface area contributed by atoms with Gasteiger partial charge in [0.15, 0.2) is 23.0 Å². The third-order valence-electron chi connectivity index (χ3n) is 7.74. The molecule has 16 heteroatoms. The summed E-state index contributed by atoms with van der Waals surface area (Å²) in [6.07, 6.45) is -11.1. The fourth-order valence-corrected chi connectivity index (χ4v) is 4.99. The molecule has 260 valence electrons. The van der Waals surface area contributed by atoms with E-state index in [1.165, 1.54) is 26.4 Å². The van der Waals surface area contributed by atoms with E-state index in [-0.39, 0.29) is 29.7 Å². The van der Waals surface area contributed by atoms with Crippen molar-refractivity contribution in [3.8, 4) is 23.0 Å². The molecule has 16 nitrogen and oxygen atoms in total. The largest absolute Gasteiger partial charge is 0.493 e. The Hall–Kier alpha value is -3.55. The topological polar surface area (TPSA) is 246 Å². The number of rotatable bonds is 13. The second-order valence-electron chi connectivity index (χ2n) is 10.9. The molecule has 2 aromatic carbocycles. The number of nitrogens with one attached hydrogen (secondary N) is 1. The van der Waals surface area contributed by atoms with Gasteiger partial charge in [0.05, 0.1) is 27.4 Å². The molecule has 1 amide bonds. The standard InChI is InChI=1S/C31H41NO15/c1-42-19-11-15(3-6-17(19)44-30-28(40)26(38)24(36)21(13-33)46-30)5-8-23(35)32-10-9-16-4-7-18(20(12-16)43-2)45-31-29(41)27(39)25(37)22(14-34)47-31/h3-8,11-12,21-22,24-31,33-34,36-41H,9-10,13-14H2,1-2H3,(H,32,35)/b8-5+/t21-,22-,24-,25-,26+,27+,28-,29-,30-,31-/m1/s1. The maximum Gasteiger partial charge on any atom is 0.244 e. The van der Waals surface area contributed by atoms with E-state index in [1.54, 1.807) is 36.4 Å². The normalized spacial score (nSPS) is 30.9. The van der Waals surface area contributed by atoms with Crippen molar-refractivity contribution in [2.24, 2.45) is 0 Å². The van der Waals surface area contributed by atoms with Gasteiger partial charge in [0.25, 0.3) is 0 Å². The van der Waals surface area contributed by atoms with Crippen molar-refractivity contribution in [3.63, 3.8) is 0 Å². The first-order chi connectivity index (χ1) is 22.5. The minimum atomic E-state index is -1.60. The minimum absolute atomic E-state index is 0.151. The van der Waals surface area contributed by atoms with Gasteiger partial charge in [0.2, 0.25) is 18.5 Å². The summed E-state index contributed by atoms with van der Waals surface area (Å²) in [4.78, 5) is 12.5. The molecule has 47 heavy (non-hydrogen) atoms. The average molecular weight is 668 g/mol.